The van der Waals surface area contributed by atoms with Crippen LogP contribution in [-0.4, -0.2) is 33.6 Å². The summed E-state index contributed by atoms with van der Waals surface area (Å²) in [5.41, 5.74) is 2.90. The van der Waals surface area contributed by atoms with Gasteiger partial charge in [0.05, 0.1) is 17.9 Å². The Labute approximate surface area is 195 Å². The summed E-state index contributed by atoms with van der Waals surface area (Å²) in [6, 6.07) is 3.50. The maximum atomic E-state index is 14.2. The summed E-state index contributed by atoms with van der Waals surface area (Å²) in [7, 11) is 0. The molecule has 1 amide bonds. The molecule has 0 aliphatic carbocycles. The highest BCUT2D eigenvalue weighted by Crippen LogP contribution is 2.34. The Morgan fingerprint density at radius 2 is 1.91 bits per heavy atom. The van der Waals surface area contributed by atoms with Crippen LogP contribution in [0.5, 0.6) is 5.75 Å². The van der Waals surface area contributed by atoms with Crippen molar-refractivity contribution in [3.05, 3.63) is 63.8 Å². The highest BCUT2D eigenvalue weighted by Gasteiger charge is 2.32. The summed E-state index contributed by atoms with van der Waals surface area (Å²) < 4.78 is 76.3. The zero-order valence-corrected chi connectivity index (χ0v) is 18.3. The van der Waals surface area contributed by atoms with Crippen LogP contribution in [0.25, 0.3) is 11.4 Å². The van der Waals surface area contributed by atoms with Crippen molar-refractivity contribution < 1.29 is 45.8 Å². The molecule has 0 aliphatic rings. The molecule has 1 unspecified atom stereocenters. The summed E-state index contributed by atoms with van der Waals surface area (Å²) in [6.07, 6.45) is -4.30. The fraction of sp³-hybridized carbons (Fsp3) is 0.200. The van der Waals surface area contributed by atoms with Crippen LogP contribution in [0.1, 0.15) is 34.2 Å². The van der Waals surface area contributed by atoms with Gasteiger partial charge in [0, 0.05) is 12.6 Å². The quantitative estimate of drug-likeness (QED) is 0.395. The van der Waals surface area contributed by atoms with Crippen molar-refractivity contribution in [3.63, 3.8) is 0 Å². The SMILES string of the molecule is NC(=O)c1c(F)ccc(OCCC(C(=O)O)c2nc(-c3ccc(C(F)(F)F)cn3)c(Br)o2)c1F. The molecule has 14 heteroatoms. The van der Waals surface area contributed by atoms with Crippen LogP contribution in [0.15, 0.2) is 39.5 Å². The second-order valence-corrected chi connectivity index (χ2v) is 7.45. The normalized spacial score (nSPS) is 12.4. The number of rotatable bonds is 8. The van der Waals surface area contributed by atoms with Gasteiger partial charge in [0.15, 0.2) is 16.2 Å². The van der Waals surface area contributed by atoms with Gasteiger partial charge in [-0.25, -0.2) is 13.8 Å². The number of hydrogen-bond donors (Lipinski definition) is 2. The number of halogens is 6. The average molecular weight is 550 g/mol. The lowest BCUT2D eigenvalue weighted by Gasteiger charge is -2.12. The van der Waals surface area contributed by atoms with Crippen LogP contribution < -0.4 is 10.5 Å². The molecule has 3 N–H and O–H groups in total. The Bertz CT molecular complexity index is 1230. The number of carbonyl (C=O) groups is 2. The summed E-state index contributed by atoms with van der Waals surface area (Å²) in [5.74, 6) is -7.51. The number of aliphatic carboxylic acids is 1. The van der Waals surface area contributed by atoms with Gasteiger partial charge in [-0.3, -0.25) is 14.6 Å². The van der Waals surface area contributed by atoms with Gasteiger partial charge in [-0.15, -0.1) is 0 Å². The van der Waals surface area contributed by atoms with Crippen molar-refractivity contribution in [2.45, 2.75) is 18.5 Å². The second-order valence-electron chi connectivity index (χ2n) is 6.73. The van der Waals surface area contributed by atoms with Gasteiger partial charge >= 0.3 is 12.1 Å². The van der Waals surface area contributed by atoms with Crippen molar-refractivity contribution in [2.75, 3.05) is 6.61 Å². The summed E-state index contributed by atoms with van der Waals surface area (Å²) in [4.78, 5) is 30.6. The van der Waals surface area contributed by atoms with Crippen LogP contribution in [0.4, 0.5) is 22.0 Å². The first-order valence-electron chi connectivity index (χ1n) is 9.23. The van der Waals surface area contributed by atoms with Gasteiger partial charge in [0.2, 0.25) is 5.89 Å². The average Bonchev–Trinajstić information content (AvgIpc) is 3.12. The predicted octanol–water partition coefficient (Wildman–Crippen LogP) is 4.53. The number of benzene rings is 1. The van der Waals surface area contributed by atoms with Crippen LogP contribution in [0.2, 0.25) is 0 Å². The third-order valence-electron chi connectivity index (χ3n) is 4.50. The van der Waals surface area contributed by atoms with Gasteiger partial charge in [-0.2, -0.15) is 13.2 Å². The molecule has 3 aromatic rings. The highest BCUT2D eigenvalue weighted by molar-refractivity contribution is 9.10. The Hall–Kier alpha value is -3.55. The maximum Gasteiger partial charge on any atom is 0.417 e. The minimum absolute atomic E-state index is 0.0115. The molecule has 0 fully saturated rings. The monoisotopic (exact) mass is 549 g/mol. The fourth-order valence-corrected chi connectivity index (χ4v) is 3.29. The van der Waals surface area contributed by atoms with Crippen molar-refractivity contribution in [1.82, 2.24) is 9.97 Å². The largest absolute Gasteiger partial charge is 0.490 e. The molecule has 0 radical (unpaired) electrons. The zero-order valence-electron chi connectivity index (χ0n) is 16.7. The molecule has 0 saturated carbocycles. The third-order valence-corrected chi connectivity index (χ3v) is 5.04. The Morgan fingerprint density at radius 1 is 1.21 bits per heavy atom. The molecule has 1 aromatic carbocycles. The van der Waals surface area contributed by atoms with E-state index in [1.807, 2.05) is 0 Å². The van der Waals surface area contributed by atoms with Crippen LogP contribution in [0.3, 0.4) is 0 Å². The molecular formula is C20H13BrF5N3O5. The zero-order chi connectivity index (χ0) is 25.2. The van der Waals surface area contributed by atoms with Crippen LogP contribution in [-0.2, 0) is 11.0 Å². The van der Waals surface area contributed by atoms with Gasteiger partial charge in [0.1, 0.15) is 23.0 Å². The number of amides is 1. The van der Waals surface area contributed by atoms with E-state index >= 15 is 0 Å². The van der Waals surface area contributed by atoms with E-state index in [9.17, 15) is 36.6 Å². The van der Waals surface area contributed by atoms with Crippen molar-refractivity contribution in [1.29, 1.82) is 0 Å². The molecule has 2 aromatic heterocycles. The van der Waals surface area contributed by atoms with Gasteiger partial charge in [-0.05, 0) is 40.2 Å². The molecule has 3 rings (SSSR count). The minimum atomic E-state index is -4.59. The van der Waals surface area contributed by atoms with E-state index in [1.165, 1.54) is 0 Å². The van der Waals surface area contributed by atoms with Crippen molar-refractivity contribution in [3.8, 4) is 17.1 Å². The third kappa shape index (κ3) is 5.32. The highest BCUT2D eigenvalue weighted by atomic mass is 79.9. The molecule has 180 valence electrons. The lowest BCUT2D eigenvalue weighted by atomic mass is 10.1. The second kappa shape index (κ2) is 9.75. The molecule has 1 atom stereocenters. The number of ether oxygens (including phenoxy) is 1. The number of aromatic nitrogens is 2. The summed E-state index contributed by atoms with van der Waals surface area (Å²) in [6.45, 7) is -0.411. The summed E-state index contributed by atoms with van der Waals surface area (Å²) in [5, 5.41) is 9.53. The van der Waals surface area contributed by atoms with Gasteiger partial charge < -0.3 is 20.0 Å². The van der Waals surface area contributed by atoms with E-state index in [0.29, 0.717) is 6.20 Å². The van der Waals surface area contributed by atoms with E-state index in [4.69, 9.17) is 14.9 Å². The molecule has 34 heavy (non-hydrogen) atoms. The number of pyridine rings is 1. The smallest absolute Gasteiger partial charge is 0.417 e. The topological polar surface area (TPSA) is 129 Å². The Morgan fingerprint density at radius 3 is 2.47 bits per heavy atom. The van der Waals surface area contributed by atoms with Crippen molar-refractivity contribution in [2.24, 2.45) is 5.73 Å². The number of oxazole rings is 1. The van der Waals surface area contributed by atoms with E-state index in [1.54, 1.807) is 0 Å². The number of hydrogen-bond acceptors (Lipinski definition) is 6. The number of nitrogens with two attached hydrogens (primary N) is 1. The van der Waals surface area contributed by atoms with Crippen LogP contribution in [0, 0.1) is 11.6 Å². The van der Waals surface area contributed by atoms with E-state index in [2.05, 4.69) is 25.9 Å². The maximum absolute atomic E-state index is 14.2. The lowest BCUT2D eigenvalue weighted by molar-refractivity contribution is -0.140. The first kappa shape index (κ1) is 25.1. The molecule has 8 nitrogen and oxygen atoms in total. The van der Waals surface area contributed by atoms with Gasteiger partial charge in [-0.1, -0.05) is 0 Å². The lowest BCUT2D eigenvalue weighted by Crippen LogP contribution is -2.18. The molecule has 0 bridgehead atoms. The Kier molecular flexibility index (Phi) is 7.19. The van der Waals surface area contributed by atoms with E-state index in [0.717, 1.165) is 24.3 Å². The fourth-order valence-electron chi connectivity index (χ4n) is 2.84. The van der Waals surface area contributed by atoms with E-state index in [-0.39, 0.29) is 28.4 Å². The molecule has 0 aliphatic heterocycles. The molecule has 0 spiro atoms. The van der Waals surface area contributed by atoms with E-state index < -0.39 is 59.1 Å². The van der Waals surface area contributed by atoms with Crippen LogP contribution >= 0.6 is 15.9 Å². The Balaban J connectivity index is 1.78. The molecule has 0 saturated heterocycles. The van der Waals surface area contributed by atoms with Gasteiger partial charge in [0.25, 0.3) is 5.91 Å². The minimum Gasteiger partial charge on any atom is -0.490 e. The predicted molar refractivity (Wildman–Crippen MR) is 108 cm³/mol. The van der Waals surface area contributed by atoms with Crippen molar-refractivity contribution >= 4 is 27.8 Å². The number of primary amides is 1. The number of carboxylic acid groups (broad SMARTS) is 1. The standard InChI is InChI=1S/C20H13BrF5N3O5/c21-16-15(11-3-1-8(7-28-11)20(24,25)26)29-18(34-16)9(19(31)32)5-6-33-12-4-2-10(22)13(14(12)23)17(27)30/h1-4,7,9H,5-6H2,(H2,27,30)(H,31,32). The number of carboxylic acids is 1. The number of alkyl halides is 3. The number of carbonyl (C=O) groups excluding carboxylic acids is 1. The molecular weight excluding hydrogens is 537 g/mol. The first-order chi connectivity index (χ1) is 15.9. The first-order valence-corrected chi connectivity index (χ1v) is 10.0. The number of nitrogens with zero attached hydrogens (tertiary/aromatic N) is 2. The molecule has 2 heterocycles. The summed E-state index contributed by atoms with van der Waals surface area (Å²) >= 11 is 3.03.